The SMILES string of the molecule is C=CCSc1n[n+]2c(c(=O)[nH]1)-c1ccccc1N(C(C)=O)[C@H]2c1ccncc1. The number of carbonyl (C=O) groups is 1. The van der Waals surface area contributed by atoms with Gasteiger partial charge in [0.25, 0.3) is 6.17 Å². The maximum atomic E-state index is 13.0. The number of aromatic amines is 1. The van der Waals surface area contributed by atoms with Gasteiger partial charge in [-0.3, -0.25) is 19.6 Å². The lowest BCUT2D eigenvalue weighted by Crippen LogP contribution is -2.60. The Hall–Kier alpha value is -3.26. The molecule has 0 unspecified atom stereocenters. The molecule has 4 rings (SSSR count). The van der Waals surface area contributed by atoms with Crippen LogP contribution in [0.4, 0.5) is 5.69 Å². The van der Waals surface area contributed by atoms with Gasteiger partial charge in [-0.2, -0.15) is 0 Å². The number of H-pyrrole nitrogens is 1. The topological polar surface area (TPSA) is 82.8 Å². The number of hydrogen-bond acceptors (Lipinski definition) is 5. The second-order valence-corrected chi connectivity index (χ2v) is 7.22. The molecule has 1 aliphatic heterocycles. The van der Waals surface area contributed by atoms with Crippen molar-refractivity contribution >= 4 is 23.4 Å². The summed E-state index contributed by atoms with van der Waals surface area (Å²) in [6.45, 7) is 5.22. The third-order valence-electron chi connectivity index (χ3n) is 4.44. The number of nitrogens with zero attached hydrogens (tertiary/aromatic N) is 4. The first-order valence-electron chi connectivity index (χ1n) is 8.70. The number of rotatable bonds is 4. The standard InChI is InChI=1S/C20H17N5O2S/c1-3-12-28-20-22-18(27)17-15-6-4-5-7-16(15)24(13(2)26)19(25(17)23-20)14-8-10-21-11-9-14/h3-11,19H,1,12H2,2H3/p+1/t19-/m1/s1. The van der Waals surface area contributed by atoms with Crippen molar-refractivity contribution in [2.75, 3.05) is 10.7 Å². The number of benzene rings is 1. The van der Waals surface area contributed by atoms with E-state index in [1.807, 2.05) is 36.4 Å². The summed E-state index contributed by atoms with van der Waals surface area (Å²) in [5, 5.41) is 5.13. The Kier molecular flexibility index (Phi) is 4.79. The van der Waals surface area contributed by atoms with Crippen LogP contribution in [0.1, 0.15) is 18.7 Å². The number of amides is 1. The quantitative estimate of drug-likeness (QED) is 0.419. The maximum Gasteiger partial charge on any atom is 0.325 e. The molecule has 1 N–H and O–H groups in total. The predicted molar refractivity (Wildman–Crippen MR) is 107 cm³/mol. The lowest BCUT2D eigenvalue weighted by Gasteiger charge is -2.31. The van der Waals surface area contributed by atoms with Crippen LogP contribution in [0.25, 0.3) is 11.3 Å². The lowest BCUT2D eigenvalue weighted by molar-refractivity contribution is -0.763. The zero-order valence-electron chi connectivity index (χ0n) is 15.2. The smallest absolute Gasteiger partial charge is 0.291 e. The van der Waals surface area contributed by atoms with Crippen molar-refractivity contribution in [1.29, 1.82) is 0 Å². The Balaban J connectivity index is 2.03. The summed E-state index contributed by atoms with van der Waals surface area (Å²) in [7, 11) is 0. The van der Waals surface area contributed by atoms with Crippen LogP contribution in [0.15, 0.2) is 71.4 Å². The first-order valence-corrected chi connectivity index (χ1v) is 9.69. The number of anilines is 1. The van der Waals surface area contributed by atoms with E-state index in [1.54, 1.807) is 28.1 Å². The molecule has 7 nitrogen and oxygen atoms in total. The van der Waals surface area contributed by atoms with E-state index in [0.29, 0.717) is 27.9 Å². The van der Waals surface area contributed by atoms with E-state index in [-0.39, 0.29) is 11.5 Å². The van der Waals surface area contributed by atoms with Crippen LogP contribution in [0.3, 0.4) is 0 Å². The van der Waals surface area contributed by atoms with Gasteiger partial charge in [0.2, 0.25) is 11.1 Å². The number of hydrogen-bond donors (Lipinski definition) is 1. The van der Waals surface area contributed by atoms with E-state index in [4.69, 9.17) is 0 Å². The first-order chi connectivity index (χ1) is 13.6. The lowest BCUT2D eigenvalue weighted by atomic mass is 10.0. The summed E-state index contributed by atoms with van der Waals surface area (Å²) in [4.78, 5) is 34.2. The fourth-order valence-corrected chi connectivity index (χ4v) is 3.94. The normalized spacial score (nSPS) is 14.9. The monoisotopic (exact) mass is 392 g/mol. The molecular formula is C20H18N5O2S+. The van der Waals surface area contributed by atoms with Gasteiger partial charge < -0.3 is 0 Å². The molecule has 0 aliphatic carbocycles. The van der Waals surface area contributed by atoms with Gasteiger partial charge >= 0.3 is 11.3 Å². The summed E-state index contributed by atoms with van der Waals surface area (Å²) in [6.07, 6.45) is 4.48. The minimum atomic E-state index is -0.587. The third kappa shape index (κ3) is 3.01. The maximum absolute atomic E-state index is 13.0. The van der Waals surface area contributed by atoms with Gasteiger partial charge in [0.1, 0.15) is 0 Å². The highest BCUT2D eigenvalue weighted by atomic mass is 32.2. The van der Waals surface area contributed by atoms with Crippen LogP contribution >= 0.6 is 11.8 Å². The van der Waals surface area contributed by atoms with Gasteiger partial charge in [-0.25, -0.2) is 4.90 Å². The van der Waals surface area contributed by atoms with Crippen molar-refractivity contribution in [3.63, 3.8) is 0 Å². The van der Waals surface area contributed by atoms with Crippen LogP contribution in [-0.4, -0.2) is 26.7 Å². The van der Waals surface area contributed by atoms with Gasteiger partial charge in [0, 0.05) is 35.7 Å². The molecule has 0 saturated heterocycles. The second-order valence-electron chi connectivity index (χ2n) is 6.21. The fourth-order valence-electron chi connectivity index (χ4n) is 3.35. The Bertz CT molecular complexity index is 1110. The van der Waals surface area contributed by atoms with E-state index in [0.717, 1.165) is 5.56 Å². The Morgan fingerprint density at radius 2 is 2.07 bits per heavy atom. The van der Waals surface area contributed by atoms with E-state index < -0.39 is 6.17 Å². The van der Waals surface area contributed by atoms with Crippen molar-refractivity contribution in [2.24, 2.45) is 0 Å². The van der Waals surface area contributed by atoms with Gasteiger partial charge in [0.05, 0.1) is 11.3 Å². The summed E-state index contributed by atoms with van der Waals surface area (Å²) >= 11 is 1.37. The highest BCUT2D eigenvalue weighted by molar-refractivity contribution is 7.99. The van der Waals surface area contributed by atoms with Crippen molar-refractivity contribution < 1.29 is 9.48 Å². The van der Waals surface area contributed by atoms with Crippen molar-refractivity contribution in [2.45, 2.75) is 18.2 Å². The summed E-state index contributed by atoms with van der Waals surface area (Å²) in [5.74, 6) is 0.463. The first kappa shape index (κ1) is 18.1. The highest BCUT2D eigenvalue weighted by Crippen LogP contribution is 2.36. The molecule has 3 aromatic rings. The Labute approximate surface area is 165 Å². The van der Waals surface area contributed by atoms with E-state index in [1.165, 1.54) is 18.7 Å². The molecule has 1 atom stereocenters. The molecule has 8 heteroatoms. The molecule has 1 amide bonds. The summed E-state index contributed by atoms with van der Waals surface area (Å²) in [5.41, 5.74) is 2.31. The molecule has 1 aromatic carbocycles. The van der Waals surface area contributed by atoms with Crippen molar-refractivity contribution in [1.82, 2.24) is 15.1 Å². The van der Waals surface area contributed by atoms with E-state index in [9.17, 15) is 9.59 Å². The number of para-hydroxylation sites is 1. The zero-order chi connectivity index (χ0) is 19.7. The Morgan fingerprint density at radius 3 is 2.79 bits per heavy atom. The van der Waals surface area contributed by atoms with Crippen LogP contribution in [0.5, 0.6) is 0 Å². The minimum Gasteiger partial charge on any atom is -0.291 e. The molecule has 0 bridgehead atoms. The molecule has 2 aromatic heterocycles. The van der Waals surface area contributed by atoms with Crippen LogP contribution < -0.4 is 15.1 Å². The molecule has 3 heterocycles. The second kappa shape index (κ2) is 7.40. The largest absolute Gasteiger partial charge is 0.325 e. The molecule has 0 radical (unpaired) electrons. The van der Waals surface area contributed by atoms with Gasteiger partial charge in [-0.15, -0.1) is 6.58 Å². The number of aromatic nitrogens is 4. The van der Waals surface area contributed by atoms with Gasteiger partial charge in [0.15, 0.2) is 0 Å². The fraction of sp³-hybridized carbons (Fsp3) is 0.150. The number of fused-ring (bicyclic) bond motifs is 3. The molecule has 0 spiro atoms. The molecule has 28 heavy (non-hydrogen) atoms. The number of carbonyl (C=O) groups excluding carboxylic acids is 1. The third-order valence-corrected chi connectivity index (χ3v) is 5.30. The number of nitrogens with one attached hydrogen (secondary N) is 1. The molecule has 140 valence electrons. The van der Waals surface area contributed by atoms with Crippen LogP contribution in [0, 0.1) is 0 Å². The van der Waals surface area contributed by atoms with Gasteiger partial charge in [-0.05, 0) is 28.9 Å². The summed E-state index contributed by atoms with van der Waals surface area (Å²) < 4.78 is 1.63. The van der Waals surface area contributed by atoms with Crippen LogP contribution in [-0.2, 0) is 4.79 Å². The average Bonchev–Trinajstić information content (AvgIpc) is 2.71. The molecule has 0 fully saturated rings. The average molecular weight is 392 g/mol. The number of thioether (sulfide) groups is 1. The van der Waals surface area contributed by atoms with Gasteiger partial charge in [-0.1, -0.05) is 30.0 Å². The Morgan fingerprint density at radius 1 is 1.32 bits per heavy atom. The predicted octanol–water partition coefficient (Wildman–Crippen LogP) is 2.31. The van der Waals surface area contributed by atoms with E-state index in [2.05, 4.69) is 21.6 Å². The zero-order valence-corrected chi connectivity index (χ0v) is 16.0. The minimum absolute atomic E-state index is 0.144. The molecular weight excluding hydrogens is 374 g/mol. The number of pyridine rings is 1. The summed E-state index contributed by atoms with van der Waals surface area (Å²) in [6, 6.07) is 11.0. The van der Waals surface area contributed by atoms with E-state index >= 15 is 0 Å². The van der Waals surface area contributed by atoms with Crippen molar-refractivity contribution in [3.05, 3.63) is 77.4 Å². The highest BCUT2D eigenvalue weighted by Gasteiger charge is 2.44. The van der Waals surface area contributed by atoms with Crippen LogP contribution in [0.2, 0.25) is 0 Å². The molecule has 1 aliphatic rings. The molecule has 0 saturated carbocycles. The van der Waals surface area contributed by atoms with Crippen molar-refractivity contribution in [3.8, 4) is 11.3 Å².